The number of rotatable bonds is 5. The second kappa shape index (κ2) is 8.30. The molecule has 1 saturated heterocycles. The minimum absolute atomic E-state index is 0.0133. The van der Waals surface area contributed by atoms with Gasteiger partial charge in [-0.2, -0.15) is 4.31 Å². The van der Waals surface area contributed by atoms with Crippen LogP contribution in [-0.4, -0.2) is 76.8 Å². The lowest BCUT2D eigenvalue weighted by Crippen LogP contribution is -2.53. The Balaban J connectivity index is 1.94. The Morgan fingerprint density at radius 3 is 2.23 bits per heavy atom. The molecule has 1 fully saturated rings. The number of hydrogen-bond donors (Lipinski definition) is 1. The van der Waals surface area contributed by atoms with E-state index < -0.39 is 25.9 Å². The van der Waals surface area contributed by atoms with Crippen LogP contribution in [0, 0.1) is 0 Å². The molecule has 2 amide bonds. The van der Waals surface area contributed by atoms with E-state index in [2.05, 4.69) is 5.32 Å². The van der Waals surface area contributed by atoms with E-state index in [0.717, 1.165) is 6.26 Å². The number of sulfone groups is 1. The molecule has 0 aromatic heterocycles. The molecule has 1 heterocycles. The van der Waals surface area contributed by atoms with Crippen LogP contribution >= 0.6 is 23.2 Å². The summed E-state index contributed by atoms with van der Waals surface area (Å²) in [6.07, 6.45) is 1.09. The van der Waals surface area contributed by atoms with Gasteiger partial charge in [0.05, 0.1) is 20.7 Å². The Kier molecular flexibility index (Phi) is 6.78. The standard InChI is InChI=1S/C14H19Cl2N3O5S2/c1-25(21,22)9-4-17-14(20)18-5-7-19(8-6-18)26(23,24)11-2-3-12(15)13(16)10-11/h2-3,10H,4-9H2,1H3,(H,17,20). The second-order valence-electron chi connectivity index (χ2n) is 5.83. The number of nitrogens with zero attached hydrogens (tertiary/aromatic N) is 2. The molecule has 0 aliphatic carbocycles. The fourth-order valence-corrected chi connectivity index (χ4v) is 4.66. The van der Waals surface area contributed by atoms with Crippen LogP contribution < -0.4 is 5.32 Å². The number of halogens is 2. The number of benzene rings is 1. The van der Waals surface area contributed by atoms with Crippen molar-refractivity contribution >= 4 is 49.1 Å². The first-order valence-electron chi connectivity index (χ1n) is 7.66. The first-order chi connectivity index (χ1) is 12.0. The van der Waals surface area contributed by atoms with E-state index in [1.165, 1.54) is 27.4 Å². The molecule has 12 heteroatoms. The number of sulfonamides is 1. The van der Waals surface area contributed by atoms with Gasteiger partial charge in [-0.1, -0.05) is 23.2 Å². The van der Waals surface area contributed by atoms with Crippen molar-refractivity contribution in [1.29, 1.82) is 0 Å². The molecule has 1 aromatic rings. The molecule has 146 valence electrons. The van der Waals surface area contributed by atoms with Crippen molar-refractivity contribution in [2.45, 2.75) is 4.90 Å². The highest BCUT2D eigenvalue weighted by molar-refractivity contribution is 7.90. The summed E-state index contributed by atoms with van der Waals surface area (Å²) in [5.74, 6) is -0.148. The van der Waals surface area contributed by atoms with Crippen LogP contribution in [0.1, 0.15) is 0 Å². The number of hydrogen-bond acceptors (Lipinski definition) is 5. The highest BCUT2D eigenvalue weighted by Gasteiger charge is 2.30. The van der Waals surface area contributed by atoms with E-state index in [1.807, 2.05) is 0 Å². The lowest BCUT2D eigenvalue weighted by molar-refractivity contribution is 0.173. The third kappa shape index (κ3) is 5.46. The van der Waals surface area contributed by atoms with Gasteiger partial charge in [0.25, 0.3) is 0 Å². The predicted molar refractivity (Wildman–Crippen MR) is 99.9 cm³/mol. The number of nitrogens with one attached hydrogen (secondary N) is 1. The van der Waals surface area contributed by atoms with Gasteiger partial charge in [0, 0.05) is 39.0 Å². The third-order valence-electron chi connectivity index (χ3n) is 3.80. The fourth-order valence-electron chi connectivity index (χ4n) is 2.37. The lowest BCUT2D eigenvalue weighted by Gasteiger charge is -2.34. The maximum atomic E-state index is 12.6. The smallest absolute Gasteiger partial charge is 0.317 e. The van der Waals surface area contributed by atoms with Crippen molar-refractivity contribution < 1.29 is 21.6 Å². The number of carbonyl (C=O) groups excluding carboxylic acids is 1. The molecule has 0 unspecified atom stereocenters. The van der Waals surface area contributed by atoms with Gasteiger partial charge < -0.3 is 10.2 Å². The normalized spacial score (nSPS) is 16.5. The summed E-state index contributed by atoms with van der Waals surface area (Å²) in [5.41, 5.74) is 0. The van der Waals surface area contributed by atoms with Crippen LogP contribution in [0.15, 0.2) is 23.1 Å². The topological polar surface area (TPSA) is 104 Å². The number of amides is 2. The van der Waals surface area contributed by atoms with Crippen molar-refractivity contribution in [3.05, 3.63) is 28.2 Å². The minimum atomic E-state index is -3.73. The van der Waals surface area contributed by atoms with Crippen LogP contribution in [0.4, 0.5) is 4.79 Å². The largest absolute Gasteiger partial charge is 0.337 e. The maximum absolute atomic E-state index is 12.6. The molecule has 1 N–H and O–H groups in total. The van der Waals surface area contributed by atoms with Gasteiger partial charge in [0.1, 0.15) is 9.84 Å². The first kappa shape index (κ1) is 21.2. The predicted octanol–water partition coefficient (Wildman–Crippen LogP) is 1.05. The Labute approximate surface area is 163 Å². The monoisotopic (exact) mass is 443 g/mol. The highest BCUT2D eigenvalue weighted by atomic mass is 35.5. The van der Waals surface area contributed by atoms with E-state index in [-0.39, 0.29) is 53.4 Å². The molecule has 1 aliphatic heterocycles. The zero-order valence-corrected chi connectivity index (χ0v) is 17.1. The van der Waals surface area contributed by atoms with Crippen molar-refractivity contribution in [3.63, 3.8) is 0 Å². The van der Waals surface area contributed by atoms with Crippen molar-refractivity contribution in [3.8, 4) is 0 Å². The Morgan fingerprint density at radius 2 is 1.69 bits per heavy atom. The molecule has 1 aliphatic rings. The molecule has 8 nitrogen and oxygen atoms in total. The average Bonchev–Trinajstić information content (AvgIpc) is 2.56. The summed E-state index contributed by atoms with van der Waals surface area (Å²) in [7, 11) is -6.89. The summed E-state index contributed by atoms with van der Waals surface area (Å²) in [4.78, 5) is 13.5. The number of urea groups is 1. The maximum Gasteiger partial charge on any atom is 0.317 e. The number of carbonyl (C=O) groups is 1. The van der Waals surface area contributed by atoms with Gasteiger partial charge in [0.15, 0.2) is 0 Å². The lowest BCUT2D eigenvalue weighted by atomic mass is 10.4. The fraction of sp³-hybridized carbons (Fsp3) is 0.500. The Hall–Kier alpha value is -1.07. The zero-order valence-electron chi connectivity index (χ0n) is 14.0. The Bertz CT molecular complexity index is 882. The number of piperazine rings is 1. The van der Waals surface area contributed by atoms with Gasteiger partial charge in [-0.05, 0) is 18.2 Å². The minimum Gasteiger partial charge on any atom is -0.337 e. The molecule has 26 heavy (non-hydrogen) atoms. The third-order valence-corrected chi connectivity index (χ3v) is 7.38. The summed E-state index contributed by atoms with van der Waals surface area (Å²) >= 11 is 11.7. The van der Waals surface area contributed by atoms with Gasteiger partial charge in [-0.3, -0.25) is 0 Å². The van der Waals surface area contributed by atoms with Crippen molar-refractivity contribution in [1.82, 2.24) is 14.5 Å². The molecule has 0 bridgehead atoms. The molecule has 2 rings (SSSR count). The van der Waals surface area contributed by atoms with Gasteiger partial charge in [0.2, 0.25) is 10.0 Å². The van der Waals surface area contributed by atoms with Crippen LogP contribution in [0.5, 0.6) is 0 Å². The van der Waals surface area contributed by atoms with Gasteiger partial charge in [-0.15, -0.1) is 0 Å². The van der Waals surface area contributed by atoms with E-state index >= 15 is 0 Å². The second-order valence-corrected chi connectivity index (χ2v) is 10.8. The molecular formula is C14H19Cl2N3O5S2. The van der Waals surface area contributed by atoms with E-state index in [0.29, 0.717) is 0 Å². The molecule has 0 radical (unpaired) electrons. The highest BCUT2D eigenvalue weighted by Crippen LogP contribution is 2.27. The van der Waals surface area contributed by atoms with E-state index in [1.54, 1.807) is 0 Å². The summed E-state index contributed by atoms with van der Waals surface area (Å²) in [6.45, 7) is 0.667. The van der Waals surface area contributed by atoms with Gasteiger partial charge >= 0.3 is 6.03 Å². The molecule has 1 aromatic carbocycles. The molecule has 0 atom stereocenters. The van der Waals surface area contributed by atoms with Crippen LogP contribution in [0.3, 0.4) is 0 Å². The van der Waals surface area contributed by atoms with E-state index in [9.17, 15) is 21.6 Å². The van der Waals surface area contributed by atoms with Crippen LogP contribution in [0.25, 0.3) is 0 Å². The Morgan fingerprint density at radius 1 is 1.08 bits per heavy atom. The molecule has 0 spiro atoms. The van der Waals surface area contributed by atoms with Crippen LogP contribution in [0.2, 0.25) is 10.0 Å². The van der Waals surface area contributed by atoms with Gasteiger partial charge in [-0.25, -0.2) is 21.6 Å². The van der Waals surface area contributed by atoms with E-state index in [4.69, 9.17) is 23.2 Å². The van der Waals surface area contributed by atoms with Crippen molar-refractivity contribution in [2.75, 3.05) is 44.7 Å². The SMILES string of the molecule is CS(=O)(=O)CCNC(=O)N1CCN(S(=O)(=O)c2ccc(Cl)c(Cl)c2)CC1. The van der Waals surface area contributed by atoms with Crippen LogP contribution in [-0.2, 0) is 19.9 Å². The zero-order chi connectivity index (χ0) is 19.5. The summed E-state index contributed by atoms with van der Waals surface area (Å²) < 4.78 is 48.7. The first-order valence-corrected chi connectivity index (χ1v) is 11.9. The average molecular weight is 444 g/mol. The summed E-state index contributed by atoms with van der Waals surface area (Å²) in [5, 5.41) is 2.93. The summed E-state index contributed by atoms with van der Waals surface area (Å²) in [6, 6.07) is 3.68. The molecule has 0 saturated carbocycles. The van der Waals surface area contributed by atoms with Crippen molar-refractivity contribution in [2.24, 2.45) is 0 Å². The molecular weight excluding hydrogens is 425 g/mol. The quantitative estimate of drug-likeness (QED) is 0.732.